The maximum absolute atomic E-state index is 11.6. The molecule has 3 aromatic rings. The van der Waals surface area contributed by atoms with Crippen LogP contribution in [0.1, 0.15) is 5.56 Å². The van der Waals surface area contributed by atoms with E-state index in [0.29, 0.717) is 24.9 Å². The molecule has 120 valence electrons. The van der Waals surface area contributed by atoms with Crippen molar-refractivity contribution in [3.63, 3.8) is 0 Å². The Balaban J connectivity index is 1.51. The normalized spacial score (nSPS) is 15.9. The Kier molecular flexibility index (Phi) is 3.76. The maximum atomic E-state index is 11.6. The summed E-state index contributed by atoms with van der Waals surface area (Å²) < 4.78 is 10.3. The minimum atomic E-state index is -0.285. The Morgan fingerprint density at radius 2 is 2.04 bits per heavy atom. The molecule has 1 fully saturated rings. The molecular weight excluding hydrogens is 308 g/mol. The summed E-state index contributed by atoms with van der Waals surface area (Å²) in [7, 11) is 0. The molecule has 1 unspecified atom stereocenters. The molecule has 1 atom stereocenters. The maximum Gasteiger partial charge on any atom is 0.258 e. The van der Waals surface area contributed by atoms with Gasteiger partial charge in [0.25, 0.3) is 11.8 Å². The molecule has 7 nitrogen and oxygen atoms in total. The third kappa shape index (κ3) is 3.16. The molecule has 1 aliphatic rings. The van der Waals surface area contributed by atoms with Crippen LogP contribution >= 0.6 is 0 Å². The topological polar surface area (TPSA) is 93.4 Å². The van der Waals surface area contributed by atoms with Gasteiger partial charge in [-0.05, 0) is 29.8 Å². The molecular formula is C17H14N4O3. The van der Waals surface area contributed by atoms with E-state index in [-0.39, 0.29) is 12.0 Å². The predicted molar refractivity (Wildman–Crippen MR) is 84.6 cm³/mol. The van der Waals surface area contributed by atoms with Gasteiger partial charge in [-0.2, -0.15) is 4.98 Å². The molecule has 0 saturated carbocycles. The smallest absolute Gasteiger partial charge is 0.258 e. The highest BCUT2D eigenvalue weighted by Crippen LogP contribution is 2.22. The second-order valence-corrected chi connectivity index (χ2v) is 5.40. The fraction of sp³-hybridized carbons (Fsp3) is 0.176. The number of hydrogen-bond acceptors (Lipinski definition) is 6. The summed E-state index contributed by atoms with van der Waals surface area (Å²) in [6.07, 6.45) is 3.07. The van der Waals surface area contributed by atoms with Crippen LogP contribution in [0.15, 0.2) is 53.3 Å². The Morgan fingerprint density at radius 3 is 2.83 bits per heavy atom. The first-order valence-corrected chi connectivity index (χ1v) is 7.52. The Hall–Kier alpha value is -3.06. The minimum absolute atomic E-state index is 0.0850. The molecule has 0 bridgehead atoms. The third-order valence-corrected chi connectivity index (χ3v) is 3.63. The molecule has 0 spiro atoms. The van der Waals surface area contributed by atoms with Crippen molar-refractivity contribution in [1.29, 1.82) is 0 Å². The lowest BCUT2D eigenvalue weighted by atomic mass is 10.1. The minimum Gasteiger partial charge on any atom is -0.363 e. The molecule has 4 rings (SSSR count). The number of carbonyl (C=O) groups is 1. The molecule has 1 aromatic carbocycles. The number of rotatable bonds is 5. The van der Waals surface area contributed by atoms with E-state index in [4.69, 9.17) is 9.26 Å². The first kappa shape index (κ1) is 14.5. The van der Waals surface area contributed by atoms with Gasteiger partial charge in [0.15, 0.2) is 6.10 Å². The van der Waals surface area contributed by atoms with Gasteiger partial charge >= 0.3 is 0 Å². The van der Waals surface area contributed by atoms with E-state index < -0.39 is 0 Å². The van der Waals surface area contributed by atoms with Gasteiger partial charge in [0.2, 0.25) is 5.82 Å². The molecule has 24 heavy (non-hydrogen) atoms. The van der Waals surface area contributed by atoms with Gasteiger partial charge in [0.1, 0.15) is 0 Å². The van der Waals surface area contributed by atoms with Gasteiger partial charge in [-0.15, -0.1) is 0 Å². The van der Waals surface area contributed by atoms with E-state index in [2.05, 4.69) is 20.4 Å². The van der Waals surface area contributed by atoms with E-state index in [0.717, 1.165) is 16.7 Å². The molecule has 1 aliphatic heterocycles. The number of pyridine rings is 1. The van der Waals surface area contributed by atoms with Crippen LogP contribution in [0.2, 0.25) is 0 Å². The summed E-state index contributed by atoms with van der Waals surface area (Å²) in [4.78, 5) is 20.0. The van der Waals surface area contributed by atoms with Crippen LogP contribution in [-0.4, -0.2) is 33.7 Å². The second kappa shape index (κ2) is 6.21. The zero-order valence-corrected chi connectivity index (χ0v) is 12.7. The zero-order valence-electron chi connectivity index (χ0n) is 12.7. The van der Waals surface area contributed by atoms with Gasteiger partial charge in [-0.1, -0.05) is 17.3 Å². The summed E-state index contributed by atoms with van der Waals surface area (Å²) >= 11 is 0. The van der Waals surface area contributed by atoms with E-state index >= 15 is 0 Å². The third-order valence-electron chi connectivity index (χ3n) is 3.63. The SMILES string of the molecule is O=C(NCc1cccc(-c2nc(-c3ccncc3)no2)c1)C1CO1. The van der Waals surface area contributed by atoms with Crippen LogP contribution in [-0.2, 0) is 16.1 Å². The summed E-state index contributed by atoms with van der Waals surface area (Å²) in [6, 6.07) is 11.3. The number of carbonyl (C=O) groups excluding carboxylic acids is 1. The number of nitrogens with one attached hydrogen (secondary N) is 1. The van der Waals surface area contributed by atoms with Crippen molar-refractivity contribution < 1.29 is 14.1 Å². The van der Waals surface area contributed by atoms with Crippen molar-refractivity contribution in [3.8, 4) is 22.8 Å². The summed E-state index contributed by atoms with van der Waals surface area (Å²) in [5, 5.41) is 6.83. The molecule has 0 radical (unpaired) electrons. The van der Waals surface area contributed by atoms with Gasteiger partial charge in [0, 0.05) is 30.1 Å². The van der Waals surface area contributed by atoms with Crippen molar-refractivity contribution in [2.24, 2.45) is 0 Å². The molecule has 7 heteroatoms. The first-order valence-electron chi connectivity index (χ1n) is 7.52. The van der Waals surface area contributed by atoms with Gasteiger partial charge in [0.05, 0.1) is 6.61 Å². The monoisotopic (exact) mass is 322 g/mol. The summed E-state index contributed by atoms with van der Waals surface area (Å²) in [5.41, 5.74) is 2.59. The fourth-order valence-corrected chi connectivity index (χ4v) is 2.28. The zero-order chi connectivity index (χ0) is 16.4. The predicted octanol–water partition coefficient (Wildman–Crippen LogP) is 1.81. The Bertz CT molecular complexity index is 859. The largest absolute Gasteiger partial charge is 0.363 e. The molecule has 1 N–H and O–H groups in total. The van der Waals surface area contributed by atoms with Crippen molar-refractivity contribution in [2.45, 2.75) is 12.6 Å². The molecule has 3 heterocycles. The number of amides is 1. The van der Waals surface area contributed by atoms with Crippen molar-refractivity contribution in [3.05, 3.63) is 54.4 Å². The lowest BCUT2D eigenvalue weighted by Gasteiger charge is -2.04. The Labute approximate surface area is 137 Å². The van der Waals surface area contributed by atoms with Crippen LogP contribution in [0.4, 0.5) is 0 Å². The number of hydrogen-bond donors (Lipinski definition) is 1. The number of benzene rings is 1. The number of nitrogens with zero attached hydrogens (tertiary/aromatic N) is 3. The number of ether oxygens (including phenoxy) is 1. The second-order valence-electron chi connectivity index (χ2n) is 5.40. The summed E-state index contributed by atoms with van der Waals surface area (Å²) in [6.45, 7) is 0.934. The lowest BCUT2D eigenvalue weighted by molar-refractivity contribution is -0.122. The van der Waals surface area contributed by atoms with Crippen molar-refractivity contribution in [1.82, 2.24) is 20.4 Å². The standard InChI is InChI=1S/C17H14N4O3/c22-16(14-10-23-14)19-9-11-2-1-3-13(8-11)17-20-15(21-24-17)12-4-6-18-7-5-12/h1-8,14H,9-10H2,(H,19,22). The van der Waals surface area contributed by atoms with Crippen molar-refractivity contribution >= 4 is 5.91 Å². The van der Waals surface area contributed by atoms with Crippen LogP contribution in [0.5, 0.6) is 0 Å². The van der Waals surface area contributed by atoms with Crippen LogP contribution in [0.25, 0.3) is 22.8 Å². The molecule has 1 amide bonds. The van der Waals surface area contributed by atoms with Crippen LogP contribution < -0.4 is 5.32 Å². The van der Waals surface area contributed by atoms with Crippen molar-refractivity contribution in [2.75, 3.05) is 6.61 Å². The molecule has 2 aromatic heterocycles. The highest BCUT2D eigenvalue weighted by Gasteiger charge is 2.30. The quantitative estimate of drug-likeness (QED) is 0.720. The highest BCUT2D eigenvalue weighted by molar-refractivity contribution is 5.82. The summed E-state index contributed by atoms with van der Waals surface area (Å²) in [5.74, 6) is 0.857. The van der Waals surface area contributed by atoms with Gasteiger partial charge < -0.3 is 14.6 Å². The average molecular weight is 322 g/mol. The van der Waals surface area contributed by atoms with E-state index in [1.807, 2.05) is 36.4 Å². The average Bonchev–Trinajstić information content (AvgIpc) is 3.37. The number of aromatic nitrogens is 3. The van der Waals surface area contributed by atoms with E-state index in [9.17, 15) is 4.79 Å². The first-order chi connectivity index (χ1) is 11.8. The highest BCUT2D eigenvalue weighted by atomic mass is 16.6. The van der Waals surface area contributed by atoms with E-state index in [1.54, 1.807) is 12.4 Å². The molecule has 0 aliphatic carbocycles. The van der Waals surface area contributed by atoms with Gasteiger partial charge in [-0.3, -0.25) is 9.78 Å². The van der Waals surface area contributed by atoms with Gasteiger partial charge in [-0.25, -0.2) is 0 Å². The van der Waals surface area contributed by atoms with Crippen LogP contribution in [0.3, 0.4) is 0 Å². The van der Waals surface area contributed by atoms with Crippen LogP contribution in [0, 0.1) is 0 Å². The molecule has 1 saturated heterocycles. The lowest BCUT2D eigenvalue weighted by Crippen LogP contribution is -2.27. The number of epoxide rings is 1. The fourth-order valence-electron chi connectivity index (χ4n) is 2.28. The Morgan fingerprint density at radius 1 is 1.21 bits per heavy atom. The van der Waals surface area contributed by atoms with E-state index in [1.165, 1.54) is 0 Å².